The van der Waals surface area contributed by atoms with Gasteiger partial charge in [-0.25, -0.2) is 0 Å². The number of ether oxygens (including phenoxy) is 2. The molecule has 28 heavy (non-hydrogen) atoms. The molecule has 0 aliphatic rings. The van der Waals surface area contributed by atoms with Gasteiger partial charge in [0, 0.05) is 11.1 Å². The third-order valence-corrected chi connectivity index (χ3v) is 4.97. The molecule has 0 fully saturated rings. The maximum atomic E-state index is 5.84. The lowest BCUT2D eigenvalue weighted by atomic mass is 10.2. The fourth-order valence-electron chi connectivity index (χ4n) is 2.27. The first-order valence-corrected chi connectivity index (χ1v) is 10.2. The van der Waals surface area contributed by atoms with Crippen LogP contribution in [0.5, 0.6) is 23.0 Å². The van der Waals surface area contributed by atoms with Gasteiger partial charge in [-0.2, -0.15) is 0 Å². The summed E-state index contributed by atoms with van der Waals surface area (Å²) in [6, 6.07) is 20.8. The van der Waals surface area contributed by atoms with E-state index < -0.39 is 7.59 Å². The second kappa shape index (κ2) is 8.79. The molecule has 0 heterocycles. The lowest BCUT2D eigenvalue weighted by molar-refractivity contribution is 0.469. The Bertz CT molecular complexity index is 833. The SMILES string of the molecule is ClC(Cl)(Cl)c1ccc(Oc2ccc(Oc3ccc(C(Cl)(Cl)Cl)cc3)cc2)cc1. The van der Waals surface area contributed by atoms with Crippen molar-refractivity contribution in [2.75, 3.05) is 0 Å². The zero-order valence-corrected chi connectivity index (χ0v) is 18.5. The molecule has 0 N–H and O–H groups in total. The standard InChI is InChI=1S/C20H12Cl6O2/c21-19(22,23)13-1-5-15(6-2-13)27-17-9-11-18(12-10-17)28-16-7-3-14(4-8-16)20(24,25)26/h1-12H. The van der Waals surface area contributed by atoms with E-state index in [1.807, 2.05) is 0 Å². The van der Waals surface area contributed by atoms with Crippen LogP contribution in [-0.4, -0.2) is 0 Å². The minimum Gasteiger partial charge on any atom is -0.457 e. The topological polar surface area (TPSA) is 18.5 Å². The van der Waals surface area contributed by atoms with Crippen molar-refractivity contribution in [2.45, 2.75) is 7.59 Å². The van der Waals surface area contributed by atoms with Crippen molar-refractivity contribution in [2.24, 2.45) is 0 Å². The summed E-state index contributed by atoms with van der Waals surface area (Å²) in [7, 11) is 0. The van der Waals surface area contributed by atoms with Gasteiger partial charge in [0.1, 0.15) is 23.0 Å². The quantitative estimate of drug-likeness (QED) is 0.335. The molecular formula is C20H12Cl6O2. The first-order chi connectivity index (χ1) is 13.1. The molecule has 0 saturated heterocycles. The molecule has 146 valence electrons. The summed E-state index contributed by atoms with van der Waals surface area (Å²) in [5.74, 6) is 2.52. The van der Waals surface area contributed by atoms with Crippen molar-refractivity contribution in [1.29, 1.82) is 0 Å². The minimum atomic E-state index is -1.46. The molecule has 0 spiro atoms. The molecule has 0 saturated carbocycles. The Morgan fingerprint density at radius 1 is 0.393 bits per heavy atom. The molecule has 2 nitrogen and oxygen atoms in total. The van der Waals surface area contributed by atoms with Crippen molar-refractivity contribution in [3.63, 3.8) is 0 Å². The van der Waals surface area contributed by atoms with Crippen molar-refractivity contribution in [3.8, 4) is 23.0 Å². The lowest BCUT2D eigenvalue weighted by Gasteiger charge is -2.13. The van der Waals surface area contributed by atoms with Crippen molar-refractivity contribution in [3.05, 3.63) is 83.9 Å². The maximum Gasteiger partial charge on any atom is 0.216 e. The summed E-state index contributed by atoms with van der Waals surface area (Å²) in [6.45, 7) is 0. The summed E-state index contributed by atoms with van der Waals surface area (Å²) in [6.07, 6.45) is 0. The van der Waals surface area contributed by atoms with Crippen molar-refractivity contribution in [1.82, 2.24) is 0 Å². The van der Waals surface area contributed by atoms with Gasteiger partial charge in [0.2, 0.25) is 7.59 Å². The smallest absolute Gasteiger partial charge is 0.216 e. The molecular weight excluding hydrogens is 485 g/mol. The van der Waals surface area contributed by atoms with E-state index in [1.165, 1.54) is 0 Å². The summed E-state index contributed by atoms with van der Waals surface area (Å²) < 4.78 is 8.62. The van der Waals surface area contributed by atoms with Crippen LogP contribution in [0, 0.1) is 0 Å². The lowest BCUT2D eigenvalue weighted by Crippen LogP contribution is -1.99. The van der Waals surface area contributed by atoms with Crippen LogP contribution in [0.4, 0.5) is 0 Å². The Morgan fingerprint density at radius 2 is 0.607 bits per heavy atom. The molecule has 0 atom stereocenters. The Labute approximate surface area is 192 Å². The Morgan fingerprint density at radius 3 is 0.821 bits per heavy atom. The second-order valence-electron chi connectivity index (χ2n) is 5.72. The second-order valence-corrected chi connectivity index (χ2v) is 10.3. The van der Waals surface area contributed by atoms with Crippen LogP contribution < -0.4 is 9.47 Å². The van der Waals surface area contributed by atoms with E-state index in [2.05, 4.69) is 0 Å². The minimum absolute atomic E-state index is 0.564. The number of hydrogen-bond acceptors (Lipinski definition) is 2. The van der Waals surface area contributed by atoms with Crippen LogP contribution in [0.15, 0.2) is 72.8 Å². The molecule has 0 aromatic heterocycles. The first kappa shape index (κ1) is 21.7. The highest BCUT2D eigenvalue weighted by molar-refractivity contribution is 6.67. The zero-order valence-electron chi connectivity index (χ0n) is 14.0. The van der Waals surface area contributed by atoms with Crippen LogP contribution in [-0.2, 0) is 7.59 Å². The average molecular weight is 497 g/mol. The first-order valence-electron chi connectivity index (χ1n) is 7.91. The van der Waals surface area contributed by atoms with Crippen LogP contribution in [0.2, 0.25) is 0 Å². The monoisotopic (exact) mass is 494 g/mol. The predicted octanol–water partition coefficient (Wildman–Crippen LogP) is 8.92. The number of rotatable bonds is 4. The predicted molar refractivity (Wildman–Crippen MR) is 118 cm³/mol. The van der Waals surface area contributed by atoms with E-state index in [4.69, 9.17) is 79.1 Å². The summed E-state index contributed by atoms with van der Waals surface area (Å²) in [5.41, 5.74) is 1.13. The summed E-state index contributed by atoms with van der Waals surface area (Å²) in [4.78, 5) is 0. The number of halogens is 6. The van der Waals surface area contributed by atoms with Gasteiger partial charge in [0.05, 0.1) is 0 Å². The summed E-state index contributed by atoms with van der Waals surface area (Å²) in [5, 5.41) is 0. The molecule has 3 aromatic carbocycles. The van der Waals surface area contributed by atoms with E-state index in [9.17, 15) is 0 Å². The Kier molecular flexibility index (Phi) is 6.81. The third kappa shape index (κ3) is 6.00. The van der Waals surface area contributed by atoms with E-state index in [-0.39, 0.29) is 0 Å². The van der Waals surface area contributed by atoms with E-state index in [0.29, 0.717) is 34.1 Å². The van der Waals surface area contributed by atoms with Gasteiger partial charge in [-0.3, -0.25) is 0 Å². The van der Waals surface area contributed by atoms with Gasteiger partial charge in [-0.1, -0.05) is 93.9 Å². The molecule has 0 bridgehead atoms. The molecule has 0 aliphatic heterocycles. The number of benzene rings is 3. The zero-order chi connectivity index (χ0) is 20.4. The molecule has 3 aromatic rings. The van der Waals surface area contributed by atoms with Crippen LogP contribution in [0.3, 0.4) is 0 Å². The van der Waals surface area contributed by atoms with E-state index in [0.717, 1.165) is 0 Å². The number of hydrogen-bond donors (Lipinski definition) is 0. The van der Waals surface area contributed by atoms with Gasteiger partial charge in [0.25, 0.3) is 0 Å². The highest BCUT2D eigenvalue weighted by atomic mass is 35.6. The normalized spacial score (nSPS) is 11.9. The average Bonchev–Trinajstić information content (AvgIpc) is 2.63. The molecule has 0 amide bonds. The highest BCUT2D eigenvalue weighted by Gasteiger charge is 2.23. The van der Waals surface area contributed by atoms with E-state index >= 15 is 0 Å². The number of alkyl halides is 6. The molecule has 0 aliphatic carbocycles. The highest BCUT2D eigenvalue weighted by Crippen LogP contribution is 2.40. The van der Waals surface area contributed by atoms with Crippen LogP contribution >= 0.6 is 69.6 Å². The Hall–Kier alpha value is -1.00. The largest absolute Gasteiger partial charge is 0.457 e. The Balaban J connectivity index is 1.63. The molecule has 0 radical (unpaired) electrons. The van der Waals surface area contributed by atoms with Gasteiger partial charge in [-0.15, -0.1) is 0 Å². The fraction of sp³-hybridized carbons (Fsp3) is 0.100. The molecule has 8 heteroatoms. The van der Waals surface area contributed by atoms with Crippen LogP contribution in [0.25, 0.3) is 0 Å². The van der Waals surface area contributed by atoms with Gasteiger partial charge in [0.15, 0.2) is 0 Å². The molecule has 0 unspecified atom stereocenters. The van der Waals surface area contributed by atoms with Crippen molar-refractivity contribution >= 4 is 69.6 Å². The van der Waals surface area contributed by atoms with E-state index in [1.54, 1.807) is 72.8 Å². The maximum absolute atomic E-state index is 5.84. The van der Waals surface area contributed by atoms with Crippen molar-refractivity contribution < 1.29 is 9.47 Å². The van der Waals surface area contributed by atoms with Gasteiger partial charge < -0.3 is 9.47 Å². The van der Waals surface area contributed by atoms with Crippen LogP contribution in [0.1, 0.15) is 11.1 Å². The third-order valence-electron chi connectivity index (χ3n) is 3.66. The van der Waals surface area contributed by atoms with Gasteiger partial charge >= 0.3 is 0 Å². The molecule has 3 rings (SSSR count). The summed E-state index contributed by atoms with van der Waals surface area (Å²) >= 11 is 35.1. The van der Waals surface area contributed by atoms with Gasteiger partial charge in [-0.05, 0) is 48.5 Å². The fourth-order valence-corrected chi connectivity index (χ4v) is 3.03.